The maximum atomic E-state index is 12.7. The summed E-state index contributed by atoms with van der Waals surface area (Å²) in [6.07, 6.45) is 2.25. The number of rotatable bonds is 8. The smallest absolute Gasteiger partial charge is 0.244 e. The van der Waals surface area contributed by atoms with Gasteiger partial charge in [-0.05, 0) is 46.6 Å². The number of sulfonamides is 1. The molecule has 0 fully saturated rings. The Labute approximate surface area is 128 Å². The first-order chi connectivity index (χ1) is 9.70. The van der Waals surface area contributed by atoms with Crippen molar-refractivity contribution in [1.29, 1.82) is 0 Å². The summed E-state index contributed by atoms with van der Waals surface area (Å²) in [5, 5.41) is 4.34. The number of hydrogen-bond donors (Lipinski definition) is 2. The van der Waals surface area contributed by atoms with Crippen LogP contribution in [0.4, 0.5) is 0 Å². The molecule has 0 unspecified atom stereocenters. The van der Waals surface area contributed by atoms with E-state index in [9.17, 15) is 8.42 Å². The maximum Gasteiger partial charge on any atom is 0.244 e. The Kier molecular flexibility index (Phi) is 5.95. The molecule has 0 amide bonds. The zero-order valence-electron chi connectivity index (χ0n) is 13.7. The zero-order valence-corrected chi connectivity index (χ0v) is 14.5. The molecule has 0 spiro atoms. The Hall–Kier alpha value is -0.920. The maximum absolute atomic E-state index is 12.7. The average molecular weight is 316 g/mol. The summed E-state index contributed by atoms with van der Waals surface area (Å²) in [7, 11) is -3.57. The second-order valence-corrected chi connectivity index (χ2v) is 7.36. The summed E-state index contributed by atoms with van der Waals surface area (Å²) in [6.45, 7) is 10.6. The summed E-state index contributed by atoms with van der Waals surface area (Å²) in [5.74, 6) is 0. The van der Waals surface area contributed by atoms with Crippen molar-refractivity contribution in [2.75, 3.05) is 6.54 Å². The molecule has 21 heavy (non-hydrogen) atoms. The van der Waals surface area contributed by atoms with Crippen LogP contribution in [0.2, 0.25) is 0 Å². The molecule has 0 aliphatic carbocycles. The van der Waals surface area contributed by atoms with E-state index in [1.54, 1.807) is 18.5 Å². The van der Waals surface area contributed by atoms with Crippen LogP contribution in [0.5, 0.6) is 0 Å². The van der Waals surface area contributed by atoms with Gasteiger partial charge in [0.25, 0.3) is 0 Å². The van der Waals surface area contributed by atoms with Crippen LogP contribution in [0.3, 0.4) is 0 Å². The highest BCUT2D eigenvalue weighted by atomic mass is 32.2. The topological polar surface area (TPSA) is 90.0 Å². The fraction of sp³-hybridized carbons (Fsp3) is 0.786. The van der Waals surface area contributed by atoms with Gasteiger partial charge in [-0.3, -0.25) is 4.68 Å². The zero-order chi connectivity index (χ0) is 16.3. The van der Waals surface area contributed by atoms with E-state index in [1.165, 1.54) is 0 Å². The predicted molar refractivity (Wildman–Crippen MR) is 84.7 cm³/mol. The van der Waals surface area contributed by atoms with E-state index >= 15 is 0 Å². The summed E-state index contributed by atoms with van der Waals surface area (Å²) in [4.78, 5) is 0.299. The van der Waals surface area contributed by atoms with E-state index in [4.69, 9.17) is 5.73 Å². The molecule has 1 aromatic heterocycles. The van der Waals surface area contributed by atoms with Crippen molar-refractivity contribution in [1.82, 2.24) is 14.5 Å². The van der Waals surface area contributed by atoms with E-state index in [1.807, 2.05) is 20.8 Å². The molecule has 0 aliphatic rings. The monoisotopic (exact) mass is 316 g/mol. The third-order valence-corrected chi connectivity index (χ3v) is 5.99. The Balaban J connectivity index is 3.17. The number of hydrogen-bond acceptors (Lipinski definition) is 4. The summed E-state index contributed by atoms with van der Waals surface area (Å²) < 4.78 is 30.0. The molecule has 0 atom stereocenters. The van der Waals surface area contributed by atoms with Crippen LogP contribution in [-0.4, -0.2) is 30.3 Å². The van der Waals surface area contributed by atoms with Crippen molar-refractivity contribution in [2.45, 2.75) is 70.9 Å². The van der Waals surface area contributed by atoms with Gasteiger partial charge >= 0.3 is 0 Å². The minimum Gasteiger partial charge on any atom is -0.330 e. The number of aromatic nitrogens is 2. The van der Waals surface area contributed by atoms with Crippen molar-refractivity contribution < 1.29 is 8.42 Å². The molecular formula is C14H28N4O2S. The molecule has 1 rings (SSSR count). The molecule has 0 saturated heterocycles. The van der Waals surface area contributed by atoms with Gasteiger partial charge in [0.1, 0.15) is 4.90 Å². The van der Waals surface area contributed by atoms with Crippen LogP contribution in [-0.2, 0) is 16.6 Å². The van der Waals surface area contributed by atoms with Crippen LogP contribution < -0.4 is 10.5 Å². The van der Waals surface area contributed by atoms with Gasteiger partial charge < -0.3 is 5.73 Å². The number of aryl methyl sites for hydroxylation is 2. The molecule has 6 nitrogen and oxygen atoms in total. The van der Waals surface area contributed by atoms with Crippen LogP contribution >= 0.6 is 0 Å². The van der Waals surface area contributed by atoms with E-state index in [2.05, 4.69) is 9.82 Å². The molecule has 7 heteroatoms. The van der Waals surface area contributed by atoms with Gasteiger partial charge in [-0.1, -0.05) is 13.8 Å². The molecule has 0 aliphatic heterocycles. The Morgan fingerprint density at radius 1 is 1.29 bits per heavy atom. The lowest BCUT2D eigenvalue weighted by Gasteiger charge is -2.27. The fourth-order valence-corrected chi connectivity index (χ4v) is 4.26. The Morgan fingerprint density at radius 3 is 2.33 bits per heavy atom. The molecule has 1 aromatic rings. The van der Waals surface area contributed by atoms with Gasteiger partial charge in [0.15, 0.2) is 0 Å². The quantitative estimate of drug-likeness (QED) is 0.764. The minimum absolute atomic E-state index is 0.299. The first kappa shape index (κ1) is 18.1. The lowest BCUT2D eigenvalue weighted by molar-refractivity contribution is 0.388. The molecule has 0 radical (unpaired) electrons. The van der Waals surface area contributed by atoms with Crippen LogP contribution in [0, 0.1) is 13.8 Å². The highest BCUT2D eigenvalue weighted by Crippen LogP contribution is 2.23. The van der Waals surface area contributed by atoms with Crippen LogP contribution in [0.25, 0.3) is 0 Å². The first-order valence-corrected chi connectivity index (χ1v) is 8.97. The van der Waals surface area contributed by atoms with Crippen LogP contribution in [0.1, 0.15) is 51.4 Å². The van der Waals surface area contributed by atoms with Crippen molar-refractivity contribution in [2.24, 2.45) is 5.73 Å². The van der Waals surface area contributed by atoms with Crippen molar-refractivity contribution in [3.8, 4) is 0 Å². The Morgan fingerprint density at radius 2 is 1.86 bits per heavy atom. The second-order valence-electron chi connectivity index (χ2n) is 5.74. The largest absolute Gasteiger partial charge is 0.330 e. The van der Waals surface area contributed by atoms with E-state index in [0.717, 1.165) is 19.3 Å². The van der Waals surface area contributed by atoms with Crippen molar-refractivity contribution >= 4 is 10.0 Å². The lowest BCUT2D eigenvalue weighted by atomic mass is 9.98. The first-order valence-electron chi connectivity index (χ1n) is 7.48. The molecule has 0 aromatic carbocycles. The fourth-order valence-electron chi connectivity index (χ4n) is 2.30. The van der Waals surface area contributed by atoms with E-state index in [-0.39, 0.29) is 0 Å². The average Bonchev–Trinajstić information content (AvgIpc) is 2.71. The summed E-state index contributed by atoms with van der Waals surface area (Å²) in [6, 6.07) is 0. The van der Waals surface area contributed by atoms with Crippen molar-refractivity contribution in [3.63, 3.8) is 0 Å². The van der Waals surface area contributed by atoms with Gasteiger partial charge in [-0.15, -0.1) is 0 Å². The van der Waals surface area contributed by atoms with Crippen molar-refractivity contribution in [3.05, 3.63) is 11.4 Å². The molecule has 122 valence electrons. The van der Waals surface area contributed by atoms with Gasteiger partial charge in [0, 0.05) is 12.1 Å². The molecule has 1 heterocycles. The van der Waals surface area contributed by atoms with Gasteiger partial charge in [0.05, 0.1) is 11.4 Å². The highest BCUT2D eigenvalue weighted by Gasteiger charge is 2.31. The predicted octanol–water partition coefficient (Wildman–Crippen LogP) is 1.71. The number of nitrogens with one attached hydrogen (secondary N) is 1. The number of nitrogens with zero attached hydrogens (tertiary/aromatic N) is 2. The van der Waals surface area contributed by atoms with Gasteiger partial charge in [-0.2, -0.15) is 5.10 Å². The summed E-state index contributed by atoms with van der Waals surface area (Å²) >= 11 is 0. The third kappa shape index (κ3) is 4.05. The standard InChI is InChI=1S/C14H28N4O2S/c1-6-14(5,7-2)17-21(19,20)13-11(3)16-18(12(13)4)10-8-9-15/h17H,6-10,15H2,1-5H3. The molecule has 0 saturated carbocycles. The SMILES string of the molecule is CCC(C)(CC)NS(=O)(=O)c1c(C)nn(CCCN)c1C. The molecule has 3 N–H and O–H groups in total. The highest BCUT2D eigenvalue weighted by molar-refractivity contribution is 7.89. The normalized spacial score (nSPS) is 12.9. The Bertz CT molecular complexity index is 574. The number of nitrogens with two attached hydrogens (primary N) is 1. The van der Waals surface area contributed by atoms with Gasteiger partial charge in [-0.25, -0.2) is 13.1 Å². The molecular weight excluding hydrogens is 288 g/mol. The van der Waals surface area contributed by atoms with Gasteiger partial charge in [0.2, 0.25) is 10.0 Å². The second kappa shape index (κ2) is 6.89. The minimum atomic E-state index is -3.57. The third-order valence-electron chi connectivity index (χ3n) is 4.10. The van der Waals surface area contributed by atoms with E-state index in [0.29, 0.717) is 29.4 Å². The molecule has 0 bridgehead atoms. The van der Waals surface area contributed by atoms with E-state index < -0.39 is 15.6 Å². The summed E-state index contributed by atoms with van der Waals surface area (Å²) in [5.41, 5.74) is 6.27. The lowest BCUT2D eigenvalue weighted by Crippen LogP contribution is -2.45. The van der Waals surface area contributed by atoms with Crippen LogP contribution in [0.15, 0.2) is 4.90 Å².